The third kappa shape index (κ3) is 5.26. The minimum atomic E-state index is -2.02. The van der Waals surface area contributed by atoms with Crippen molar-refractivity contribution in [2.45, 2.75) is 167 Å². The molecule has 2 fully saturated rings. The van der Waals surface area contributed by atoms with E-state index in [1.165, 1.54) is 77.7 Å². The van der Waals surface area contributed by atoms with Gasteiger partial charge in [0, 0.05) is 22.7 Å². The number of benzene rings is 1. The van der Waals surface area contributed by atoms with Gasteiger partial charge >= 0.3 is 0 Å². The fraction of sp³-hybridized carbons (Fsp3) is 0.711. The largest absolute Gasteiger partial charge is 0.410 e. The van der Waals surface area contributed by atoms with Gasteiger partial charge < -0.3 is 9.16 Å². The van der Waals surface area contributed by atoms with Crippen LogP contribution in [0.15, 0.2) is 24.3 Å². The van der Waals surface area contributed by atoms with E-state index in [-0.39, 0.29) is 33.7 Å². The molecule has 4 heteroatoms. The molecular formula is C38H57NO2Si. The summed E-state index contributed by atoms with van der Waals surface area (Å²) in [4.78, 5) is 5.76. The fourth-order valence-corrected chi connectivity index (χ4v) is 9.52. The number of fused-ring (bicyclic) bond motifs is 4. The van der Waals surface area contributed by atoms with Gasteiger partial charge in [0.05, 0.1) is 17.4 Å². The van der Waals surface area contributed by atoms with Crippen LogP contribution < -0.4 is 0 Å². The highest BCUT2D eigenvalue weighted by molar-refractivity contribution is 6.74. The molecule has 2 saturated carbocycles. The first-order valence-corrected chi connectivity index (χ1v) is 20.0. The summed E-state index contributed by atoms with van der Waals surface area (Å²) in [6.45, 7) is 23.8. The number of rotatable bonds is 4. The number of aromatic nitrogens is 1. The quantitative estimate of drug-likeness (QED) is 0.333. The molecule has 0 unspecified atom stereocenters. The number of hydrogen-bond donors (Lipinski definition) is 0. The van der Waals surface area contributed by atoms with E-state index < -0.39 is 8.32 Å². The molecule has 2 aromatic rings. The molecule has 2 heterocycles. The summed E-state index contributed by atoms with van der Waals surface area (Å²) in [5.74, 6) is 0.544. The number of hydrogen-bond acceptors (Lipinski definition) is 3. The van der Waals surface area contributed by atoms with Crippen LogP contribution in [-0.2, 0) is 26.6 Å². The van der Waals surface area contributed by atoms with Gasteiger partial charge in [0.25, 0.3) is 0 Å². The van der Waals surface area contributed by atoms with Crippen LogP contribution in [0.4, 0.5) is 0 Å². The summed E-state index contributed by atoms with van der Waals surface area (Å²) in [5, 5.41) is 0.159. The summed E-state index contributed by atoms with van der Waals surface area (Å²) < 4.78 is 15.0. The van der Waals surface area contributed by atoms with Crippen LogP contribution in [0.5, 0.6) is 0 Å². The summed E-state index contributed by atoms with van der Waals surface area (Å²) in [6.07, 6.45) is 12.0. The first kappa shape index (κ1) is 30.5. The first-order valence-electron chi connectivity index (χ1n) is 17.0. The van der Waals surface area contributed by atoms with Crippen molar-refractivity contribution in [3.8, 4) is 0 Å². The summed E-state index contributed by atoms with van der Waals surface area (Å²) in [6, 6.07) is 9.31. The molecule has 1 aromatic carbocycles. The molecule has 3 aliphatic carbocycles. The lowest BCUT2D eigenvalue weighted by Crippen LogP contribution is -2.44. The topological polar surface area (TPSA) is 31.4 Å². The Morgan fingerprint density at radius 2 is 1.60 bits per heavy atom. The highest BCUT2D eigenvalue weighted by Crippen LogP contribution is 2.61. The standard InChI is InChI=1S/C38H57NO2Si/c1-35(2,3)27-19-15-18-26(22-27)34-31-32(38(40-34)20-13-14-21-38)30-28(39-33(31)25-16-11-12-17-25)23-37(7,8)24-29(30)41-42(9,10)36(4,5)6/h15,18-19,22,25,29,34H,11-14,16-17,20-21,23-24H2,1-10H3/t29-,34+/m0/s1. The Kier molecular flexibility index (Phi) is 7.47. The van der Waals surface area contributed by atoms with Crippen LogP contribution >= 0.6 is 0 Å². The lowest BCUT2D eigenvalue weighted by Gasteiger charge is -2.45. The Bertz CT molecular complexity index is 1330. The first-order chi connectivity index (χ1) is 19.5. The second-order valence-corrected chi connectivity index (χ2v) is 22.4. The lowest BCUT2D eigenvalue weighted by atomic mass is 9.70. The molecule has 0 radical (unpaired) electrons. The van der Waals surface area contributed by atoms with Gasteiger partial charge in [-0.25, -0.2) is 0 Å². The minimum Gasteiger partial charge on any atom is -0.410 e. The molecule has 0 saturated heterocycles. The average Bonchev–Trinajstić information content (AvgIpc) is 3.63. The van der Waals surface area contributed by atoms with Crippen LogP contribution in [0, 0.1) is 5.41 Å². The molecule has 0 amide bonds. The molecule has 3 nitrogen and oxygen atoms in total. The summed E-state index contributed by atoms with van der Waals surface area (Å²) in [5.41, 5.74) is 9.85. The van der Waals surface area contributed by atoms with Crippen molar-refractivity contribution in [2.24, 2.45) is 5.41 Å². The van der Waals surface area contributed by atoms with Gasteiger partial charge in [-0.2, -0.15) is 0 Å². The van der Waals surface area contributed by atoms with Crippen LogP contribution in [0.25, 0.3) is 0 Å². The van der Waals surface area contributed by atoms with E-state index in [4.69, 9.17) is 14.1 Å². The van der Waals surface area contributed by atoms with Crippen LogP contribution in [0.3, 0.4) is 0 Å². The second kappa shape index (κ2) is 10.3. The molecule has 42 heavy (non-hydrogen) atoms. The van der Waals surface area contributed by atoms with Crippen molar-refractivity contribution in [1.29, 1.82) is 0 Å². The number of nitrogens with zero attached hydrogens (tertiary/aromatic N) is 1. The predicted octanol–water partition coefficient (Wildman–Crippen LogP) is 11.0. The Morgan fingerprint density at radius 1 is 0.929 bits per heavy atom. The lowest BCUT2D eigenvalue weighted by molar-refractivity contribution is -0.0579. The van der Waals surface area contributed by atoms with Crippen molar-refractivity contribution in [1.82, 2.24) is 4.98 Å². The number of pyridine rings is 1. The average molecular weight is 588 g/mol. The van der Waals surface area contributed by atoms with Crippen molar-refractivity contribution < 1.29 is 9.16 Å². The SMILES string of the molecule is CC1(C)Cc2nc(C3CCCC3)c3c(c2[C@@H](O[Si](C)(C)C(C)(C)C)C1)C1(CCCC1)O[C@@H]3c1cccc(C(C)(C)C)c1. The van der Waals surface area contributed by atoms with E-state index >= 15 is 0 Å². The van der Waals surface area contributed by atoms with E-state index in [0.717, 1.165) is 25.7 Å². The van der Waals surface area contributed by atoms with Gasteiger partial charge in [-0.3, -0.25) is 4.98 Å². The zero-order chi connectivity index (χ0) is 30.3. The molecule has 0 bridgehead atoms. The van der Waals surface area contributed by atoms with E-state index in [9.17, 15) is 0 Å². The maximum Gasteiger partial charge on any atom is 0.192 e. The van der Waals surface area contributed by atoms with Crippen molar-refractivity contribution in [3.05, 3.63) is 63.5 Å². The smallest absolute Gasteiger partial charge is 0.192 e. The molecule has 230 valence electrons. The zero-order valence-electron chi connectivity index (χ0n) is 28.4. The van der Waals surface area contributed by atoms with Crippen LogP contribution in [-0.4, -0.2) is 13.3 Å². The van der Waals surface area contributed by atoms with Gasteiger partial charge in [0.2, 0.25) is 0 Å². The second-order valence-electron chi connectivity index (χ2n) is 17.6. The Balaban J connectivity index is 1.61. The van der Waals surface area contributed by atoms with E-state index in [1.54, 1.807) is 0 Å². The maximum absolute atomic E-state index is 7.51. The van der Waals surface area contributed by atoms with Gasteiger partial charge in [0.1, 0.15) is 6.10 Å². The predicted molar refractivity (Wildman–Crippen MR) is 177 cm³/mol. The fourth-order valence-electron chi connectivity index (χ4n) is 8.25. The highest BCUT2D eigenvalue weighted by atomic mass is 28.4. The molecule has 0 N–H and O–H groups in total. The van der Waals surface area contributed by atoms with Crippen LogP contribution in [0.1, 0.15) is 171 Å². The van der Waals surface area contributed by atoms with Crippen LogP contribution in [0.2, 0.25) is 18.1 Å². The van der Waals surface area contributed by atoms with Crippen molar-refractivity contribution in [2.75, 3.05) is 0 Å². The third-order valence-corrected chi connectivity index (χ3v) is 16.1. The van der Waals surface area contributed by atoms with E-state index in [2.05, 4.69) is 92.7 Å². The van der Waals surface area contributed by atoms with Gasteiger partial charge in [-0.05, 0) is 84.2 Å². The zero-order valence-corrected chi connectivity index (χ0v) is 29.4. The summed E-state index contributed by atoms with van der Waals surface area (Å²) >= 11 is 0. The van der Waals surface area contributed by atoms with Gasteiger partial charge in [-0.1, -0.05) is 105 Å². The number of ether oxygens (including phenoxy) is 1. The Hall–Kier alpha value is -1.49. The van der Waals surface area contributed by atoms with Crippen molar-refractivity contribution in [3.63, 3.8) is 0 Å². The van der Waals surface area contributed by atoms with Crippen molar-refractivity contribution >= 4 is 8.32 Å². The normalized spacial score (nSPS) is 25.7. The summed E-state index contributed by atoms with van der Waals surface area (Å²) in [7, 11) is -2.02. The highest BCUT2D eigenvalue weighted by Gasteiger charge is 2.54. The maximum atomic E-state index is 7.51. The molecular weight excluding hydrogens is 531 g/mol. The Morgan fingerprint density at radius 3 is 2.21 bits per heavy atom. The molecule has 1 aliphatic heterocycles. The minimum absolute atomic E-state index is 0.0442. The van der Waals surface area contributed by atoms with Gasteiger partial charge in [0.15, 0.2) is 8.32 Å². The third-order valence-electron chi connectivity index (χ3n) is 11.6. The monoisotopic (exact) mass is 587 g/mol. The van der Waals surface area contributed by atoms with Gasteiger partial charge in [-0.15, -0.1) is 0 Å². The molecule has 1 spiro atoms. The van der Waals surface area contributed by atoms with E-state index in [0.29, 0.717) is 5.92 Å². The molecule has 6 rings (SSSR count). The van der Waals surface area contributed by atoms with E-state index in [1.807, 2.05) is 0 Å². The Labute approximate surface area is 257 Å². The molecule has 4 aliphatic rings. The molecule has 1 aromatic heterocycles. The molecule has 2 atom stereocenters.